The van der Waals surface area contributed by atoms with Crippen molar-refractivity contribution in [2.75, 3.05) is 18.0 Å². The van der Waals surface area contributed by atoms with E-state index in [2.05, 4.69) is 38.9 Å². The molecule has 5 nitrogen and oxygen atoms in total. The summed E-state index contributed by atoms with van der Waals surface area (Å²) in [6, 6.07) is 0. The highest BCUT2D eigenvalue weighted by molar-refractivity contribution is 5.86. The largest absolute Gasteiger partial charge is 0.356 e. The second kappa shape index (κ2) is 5.77. The summed E-state index contributed by atoms with van der Waals surface area (Å²) in [5.41, 5.74) is 0.830. The summed E-state index contributed by atoms with van der Waals surface area (Å²) in [5, 5.41) is 8.01. The third kappa shape index (κ3) is 2.76. The summed E-state index contributed by atoms with van der Waals surface area (Å²) in [5.74, 6) is 2.74. The van der Waals surface area contributed by atoms with Crippen LogP contribution in [0.1, 0.15) is 39.5 Å². The van der Waals surface area contributed by atoms with Crippen LogP contribution in [0.2, 0.25) is 0 Å². The van der Waals surface area contributed by atoms with Crippen molar-refractivity contribution in [2.24, 2.45) is 11.8 Å². The number of hydrogen-bond acceptors (Lipinski definition) is 4. The molecule has 5 heteroatoms. The molecule has 0 amide bonds. The number of anilines is 1. The van der Waals surface area contributed by atoms with Gasteiger partial charge in [0.25, 0.3) is 0 Å². The zero-order chi connectivity index (χ0) is 13.9. The van der Waals surface area contributed by atoms with Crippen molar-refractivity contribution in [3.8, 4) is 0 Å². The van der Waals surface area contributed by atoms with Gasteiger partial charge in [0.2, 0.25) is 0 Å². The lowest BCUT2D eigenvalue weighted by Gasteiger charge is -2.33. The Labute approximate surface area is 119 Å². The topological polar surface area (TPSA) is 57.7 Å². The molecule has 3 rings (SSSR count). The number of fused-ring (bicyclic) bond motifs is 1. The van der Waals surface area contributed by atoms with E-state index in [1.807, 2.05) is 6.20 Å². The van der Waals surface area contributed by atoms with Crippen LogP contribution in [-0.4, -0.2) is 33.3 Å². The maximum absolute atomic E-state index is 4.46. The number of nitrogens with zero attached hydrogens (tertiary/aromatic N) is 4. The second-order valence-electron chi connectivity index (χ2n) is 6.23. The number of aromatic amines is 1. The van der Waals surface area contributed by atoms with E-state index in [1.165, 1.54) is 25.7 Å². The molecular formula is C15H23N5. The molecule has 20 heavy (non-hydrogen) atoms. The van der Waals surface area contributed by atoms with Crippen LogP contribution in [-0.2, 0) is 0 Å². The molecular weight excluding hydrogens is 250 g/mol. The smallest absolute Gasteiger partial charge is 0.160 e. The summed E-state index contributed by atoms with van der Waals surface area (Å²) >= 11 is 0. The fourth-order valence-corrected chi connectivity index (χ4v) is 3.01. The second-order valence-corrected chi connectivity index (χ2v) is 6.23. The molecule has 0 aliphatic carbocycles. The highest BCUT2D eigenvalue weighted by atomic mass is 15.2. The van der Waals surface area contributed by atoms with Gasteiger partial charge in [0.1, 0.15) is 12.1 Å². The van der Waals surface area contributed by atoms with Gasteiger partial charge in [-0.15, -0.1) is 0 Å². The van der Waals surface area contributed by atoms with Crippen LogP contribution in [0.4, 0.5) is 5.82 Å². The van der Waals surface area contributed by atoms with E-state index < -0.39 is 0 Å². The Morgan fingerprint density at radius 2 is 2.10 bits per heavy atom. The summed E-state index contributed by atoms with van der Waals surface area (Å²) < 4.78 is 0. The average molecular weight is 273 g/mol. The van der Waals surface area contributed by atoms with Crippen LogP contribution in [0.25, 0.3) is 11.0 Å². The molecule has 1 aliphatic heterocycles. The Morgan fingerprint density at radius 3 is 2.85 bits per heavy atom. The van der Waals surface area contributed by atoms with E-state index in [1.54, 1.807) is 6.33 Å². The molecule has 0 atom stereocenters. The van der Waals surface area contributed by atoms with E-state index in [9.17, 15) is 0 Å². The van der Waals surface area contributed by atoms with Crippen molar-refractivity contribution in [3.63, 3.8) is 0 Å². The molecule has 1 N–H and O–H groups in total. The molecule has 0 aromatic carbocycles. The lowest BCUT2D eigenvalue weighted by atomic mass is 9.89. The first-order valence-electron chi connectivity index (χ1n) is 7.63. The van der Waals surface area contributed by atoms with Crippen molar-refractivity contribution in [1.29, 1.82) is 0 Å². The van der Waals surface area contributed by atoms with Gasteiger partial charge < -0.3 is 4.90 Å². The van der Waals surface area contributed by atoms with Crippen molar-refractivity contribution in [3.05, 3.63) is 12.5 Å². The molecule has 0 bridgehead atoms. The van der Waals surface area contributed by atoms with Crippen molar-refractivity contribution < 1.29 is 0 Å². The minimum Gasteiger partial charge on any atom is -0.356 e. The normalized spacial score (nSPS) is 17.2. The van der Waals surface area contributed by atoms with Gasteiger partial charge in [0, 0.05) is 13.1 Å². The van der Waals surface area contributed by atoms with Gasteiger partial charge >= 0.3 is 0 Å². The zero-order valence-electron chi connectivity index (χ0n) is 12.3. The van der Waals surface area contributed by atoms with Crippen LogP contribution in [0.15, 0.2) is 12.5 Å². The Kier molecular flexibility index (Phi) is 3.85. The Bertz CT molecular complexity index is 554. The number of H-pyrrole nitrogens is 1. The van der Waals surface area contributed by atoms with Crippen LogP contribution in [0.5, 0.6) is 0 Å². The van der Waals surface area contributed by atoms with E-state index in [0.717, 1.165) is 41.8 Å². The van der Waals surface area contributed by atoms with Crippen molar-refractivity contribution >= 4 is 16.9 Å². The first-order valence-corrected chi connectivity index (χ1v) is 7.63. The zero-order valence-corrected chi connectivity index (χ0v) is 12.3. The maximum atomic E-state index is 4.46. The summed E-state index contributed by atoms with van der Waals surface area (Å²) in [4.78, 5) is 11.0. The van der Waals surface area contributed by atoms with Gasteiger partial charge in [0.15, 0.2) is 5.65 Å². The summed E-state index contributed by atoms with van der Waals surface area (Å²) in [6.07, 6.45) is 8.73. The van der Waals surface area contributed by atoms with E-state index in [0.29, 0.717) is 0 Å². The monoisotopic (exact) mass is 273 g/mol. The quantitative estimate of drug-likeness (QED) is 0.930. The highest BCUT2D eigenvalue weighted by Gasteiger charge is 2.22. The molecule has 1 aliphatic rings. The number of nitrogens with one attached hydrogen (secondary N) is 1. The van der Waals surface area contributed by atoms with E-state index >= 15 is 0 Å². The molecule has 0 radical (unpaired) electrons. The lowest BCUT2D eigenvalue weighted by Crippen LogP contribution is -2.34. The first-order chi connectivity index (χ1) is 9.74. The van der Waals surface area contributed by atoms with Gasteiger partial charge in [0.05, 0.1) is 11.6 Å². The van der Waals surface area contributed by atoms with Crippen LogP contribution in [0, 0.1) is 11.8 Å². The molecule has 1 saturated heterocycles. The van der Waals surface area contributed by atoms with Gasteiger partial charge in [-0.1, -0.05) is 26.7 Å². The average Bonchev–Trinajstić information content (AvgIpc) is 2.94. The Hall–Kier alpha value is -1.65. The van der Waals surface area contributed by atoms with E-state index in [4.69, 9.17) is 0 Å². The van der Waals surface area contributed by atoms with Crippen molar-refractivity contribution in [1.82, 2.24) is 20.2 Å². The highest BCUT2D eigenvalue weighted by Crippen LogP contribution is 2.28. The number of piperidine rings is 1. The predicted octanol–water partition coefficient (Wildman–Crippen LogP) is 3.01. The summed E-state index contributed by atoms with van der Waals surface area (Å²) in [7, 11) is 0. The van der Waals surface area contributed by atoms with Gasteiger partial charge in [-0.2, -0.15) is 5.10 Å². The minimum absolute atomic E-state index is 0.820. The van der Waals surface area contributed by atoms with Gasteiger partial charge in [-0.05, 0) is 24.7 Å². The molecule has 0 saturated carbocycles. The Balaban J connectivity index is 1.65. The van der Waals surface area contributed by atoms with Gasteiger partial charge in [-0.3, -0.25) is 5.10 Å². The predicted molar refractivity (Wildman–Crippen MR) is 80.7 cm³/mol. The number of rotatable bonds is 4. The summed E-state index contributed by atoms with van der Waals surface area (Å²) in [6.45, 7) is 6.82. The molecule has 0 unspecified atom stereocenters. The van der Waals surface area contributed by atoms with Crippen molar-refractivity contribution in [2.45, 2.75) is 39.5 Å². The maximum Gasteiger partial charge on any atom is 0.160 e. The van der Waals surface area contributed by atoms with Crippen LogP contribution < -0.4 is 4.90 Å². The number of hydrogen-bond donors (Lipinski definition) is 1. The molecule has 1 fully saturated rings. The lowest BCUT2D eigenvalue weighted by molar-refractivity contribution is 0.351. The van der Waals surface area contributed by atoms with Crippen LogP contribution >= 0.6 is 0 Å². The fourth-order valence-electron chi connectivity index (χ4n) is 3.01. The number of aromatic nitrogens is 4. The molecule has 2 aromatic rings. The Morgan fingerprint density at radius 1 is 1.30 bits per heavy atom. The fraction of sp³-hybridized carbons (Fsp3) is 0.667. The van der Waals surface area contributed by atoms with Gasteiger partial charge in [-0.25, -0.2) is 9.97 Å². The molecule has 0 spiro atoms. The molecule has 3 heterocycles. The molecule has 108 valence electrons. The minimum atomic E-state index is 0.820. The SMILES string of the molecule is CC(C)CCC1CCN(c2ncnc3[nH]ncc23)CC1. The van der Waals surface area contributed by atoms with E-state index in [-0.39, 0.29) is 0 Å². The standard InChI is InChI=1S/C15H23N5/c1-11(2)3-4-12-5-7-20(8-6-12)15-13-9-18-19-14(13)16-10-17-15/h9-12H,3-8H2,1-2H3,(H,16,17,18,19). The van der Waals surface area contributed by atoms with Crippen LogP contribution in [0.3, 0.4) is 0 Å². The third-order valence-corrected chi connectivity index (χ3v) is 4.29. The first kappa shape index (κ1) is 13.3. The molecule has 2 aromatic heterocycles. The third-order valence-electron chi connectivity index (χ3n) is 4.29.